The molecule has 2 heterocycles. The molecule has 3 aromatic carbocycles. The molecule has 0 saturated heterocycles. The van der Waals surface area contributed by atoms with Gasteiger partial charge in [0.05, 0.1) is 22.8 Å². The summed E-state index contributed by atoms with van der Waals surface area (Å²) in [5.41, 5.74) is 7.86. The maximum absolute atomic E-state index is 5.57. The zero-order valence-corrected chi connectivity index (χ0v) is 20.3. The van der Waals surface area contributed by atoms with E-state index in [2.05, 4.69) is 102 Å². The standard InChI is InChI=1S/C33H29N3/c1-4-12-24(13-5-1)28-23-31(25-14-6-2-7-15-25)36-32-22-27(34-26-16-8-3-9-17-26)19-20-30(32)35-33(36)21-11-10-18-29(28)33/h1-9,12-17,19-20,22-23,28-29H,10-11,18,21H2/t28-,29-,33+/m1/s1. The van der Waals surface area contributed by atoms with Crippen molar-refractivity contribution >= 4 is 22.8 Å². The molecule has 0 bridgehead atoms. The van der Waals surface area contributed by atoms with Crippen LogP contribution in [0.2, 0.25) is 0 Å². The highest BCUT2D eigenvalue weighted by Gasteiger charge is 2.56. The monoisotopic (exact) mass is 467 g/mol. The van der Waals surface area contributed by atoms with Gasteiger partial charge in [0.25, 0.3) is 0 Å². The van der Waals surface area contributed by atoms with Gasteiger partial charge in [-0.15, -0.1) is 0 Å². The van der Waals surface area contributed by atoms with Crippen LogP contribution in [0.1, 0.15) is 42.7 Å². The van der Waals surface area contributed by atoms with Gasteiger partial charge in [0.2, 0.25) is 0 Å². The summed E-state index contributed by atoms with van der Waals surface area (Å²) in [6.45, 7) is 0. The second-order valence-corrected chi connectivity index (χ2v) is 10.2. The van der Waals surface area contributed by atoms with Crippen LogP contribution < -0.4 is 0 Å². The lowest BCUT2D eigenvalue weighted by atomic mass is 9.66. The molecule has 1 saturated carbocycles. The van der Waals surface area contributed by atoms with E-state index in [9.17, 15) is 0 Å². The van der Waals surface area contributed by atoms with E-state index in [0.29, 0.717) is 11.8 Å². The number of aliphatic imine (C=N–C) groups is 2. The maximum atomic E-state index is 5.57. The lowest BCUT2D eigenvalue weighted by Crippen LogP contribution is -2.54. The molecular formula is C33H29N3. The van der Waals surface area contributed by atoms with Crippen molar-refractivity contribution in [3.05, 3.63) is 132 Å². The summed E-state index contributed by atoms with van der Waals surface area (Å²) in [4.78, 5) is 13.1. The van der Waals surface area contributed by atoms with E-state index in [-0.39, 0.29) is 5.66 Å². The minimum Gasteiger partial charge on any atom is -0.313 e. The minimum atomic E-state index is -0.258. The third-order valence-corrected chi connectivity index (χ3v) is 8.09. The number of hydrogen-bond donors (Lipinski definition) is 0. The van der Waals surface area contributed by atoms with Crippen molar-refractivity contribution in [3.63, 3.8) is 0 Å². The Kier molecular flexibility index (Phi) is 5.09. The van der Waals surface area contributed by atoms with Crippen LogP contribution in [0.15, 0.2) is 131 Å². The van der Waals surface area contributed by atoms with Gasteiger partial charge in [-0.05, 0) is 60.8 Å². The summed E-state index contributed by atoms with van der Waals surface area (Å²) < 4.78 is 0. The normalized spacial score (nSPS) is 27.5. The van der Waals surface area contributed by atoms with Gasteiger partial charge >= 0.3 is 0 Å². The van der Waals surface area contributed by atoms with Crippen LogP contribution in [0.4, 0.5) is 5.69 Å². The van der Waals surface area contributed by atoms with E-state index < -0.39 is 0 Å². The van der Waals surface area contributed by atoms with Gasteiger partial charge in [-0.2, -0.15) is 0 Å². The Balaban J connectivity index is 1.42. The Hall–Kier alpha value is -3.98. The molecule has 0 radical (unpaired) electrons. The Morgan fingerprint density at radius 1 is 0.778 bits per heavy atom. The molecule has 0 N–H and O–H groups in total. The third kappa shape index (κ3) is 3.42. The summed E-state index contributed by atoms with van der Waals surface area (Å²) >= 11 is 0. The van der Waals surface area contributed by atoms with Gasteiger partial charge in [-0.1, -0.05) is 91.4 Å². The van der Waals surface area contributed by atoms with Crippen molar-refractivity contribution in [2.75, 3.05) is 0 Å². The fraction of sp³-hybridized carbons (Fsp3) is 0.212. The zero-order valence-electron chi connectivity index (χ0n) is 20.3. The molecule has 0 amide bonds. The average molecular weight is 468 g/mol. The Labute approximate surface area is 212 Å². The number of rotatable bonds is 3. The fourth-order valence-corrected chi connectivity index (χ4v) is 6.56. The van der Waals surface area contributed by atoms with Crippen LogP contribution >= 0.6 is 0 Å². The second-order valence-electron chi connectivity index (χ2n) is 10.2. The molecule has 4 aliphatic rings. The third-order valence-electron chi connectivity index (χ3n) is 8.09. The molecular weight excluding hydrogens is 438 g/mol. The highest BCUT2D eigenvalue weighted by Crippen LogP contribution is 2.57. The lowest BCUT2D eigenvalue weighted by Gasteiger charge is -2.53. The Bertz CT molecular complexity index is 1430. The first kappa shape index (κ1) is 21.3. The van der Waals surface area contributed by atoms with Gasteiger partial charge in [0.15, 0.2) is 0 Å². The van der Waals surface area contributed by atoms with E-state index in [1.54, 1.807) is 0 Å². The Morgan fingerprint density at radius 3 is 2.28 bits per heavy atom. The van der Waals surface area contributed by atoms with Crippen LogP contribution in [0, 0.1) is 5.92 Å². The molecule has 3 aromatic rings. The van der Waals surface area contributed by atoms with Crippen LogP contribution in [0.3, 0.4) is 0 Å². The van der Waals surface area contributed by atoms with Crippen LogP contribution in [-0.2, 0) is 0 Å². The number of nitrogens with zero attached hydrogens (tertiary/aromatic N) is 3. The van der Waals surface area contributed by atoms with Crippen molar-refractivity contribution < 1.29 is 0 Å². The number of hydrogen-bond acceptors (Lipinski definition) is 3. The van der Waals surface area contributed by atoms with Gasteiger partial charge < -0.3 is 4.90 Å². The van der Waals surface area contributed by atoms with E-state index in [1.807, 2.05) is 18.2 Å². The summed E-state index contributed by atoms with van der Waals surface area (Å²) in [5.74, 6) is 0.771. The van der Waals surface area contributed by atoms with Gasteiger partial charge in [0, 0.05) is 17.5 Å². The van der Waals surface area contributed by atoms with E-state index in [4.69, 9.17) is 9.98 Å². The number of allylic oxidation sites excluding steroid dienone is 4. The minimum absolute atomic E-state index is 0.258. The van der Waals surface area contributed by atoms with Gasteiger partial charge in [-0.3, -0.25) is 4.99 Å². The van der Waals surface area contributed by atoms with Crippen molar-refractivity contribution in [2.24, 2.45) is 15.9 Å². The topological polar surface area (TPSA) is 28.0 Å². The maximum Gasteiger partial charge on any atom is 0.140 e. The Morgan fingerprint density at radius 2 is 1.50 bits per heavy atom. The molecule has 1 fully saturated rings. The highest BCUT2D eigenvalue weighted by atomic mass is 15.4. The van der Waals surface area contributed by atoms with E-state index in [0.717, 1.165) is 23.5 Å². The fourth-order valence-electron chi connectivity index (χ4n) is 6.56. The molecule has 0 unspecified atom stereocenters. The van der Waals surface area contributed by atoms with E-state index in [1.165, 1.54) is 41.8 Å². The number of benzene rings is 3. The van der Waals surface area contributed by atoms with Crippen molar-refractivity contribution in [3.8, 4) is 0 Å². The molecule has 36 heavy (non-hydrogen) atoms. The average Bonchev–Trinajstić information content (AvgIpc) is 3.27. The smallest absolute Gasteiger partial charge is 0.140 e. The van der Waals surface area contributed by atoms with Gasteiger partial charge in [0.1, 0.15) is 5.66 Å². The van der Waals surface area contributed by atoms with Crippen molar-refractivity contribution in [1.82, 2.24) is 4.90 Å². The second kappa shape index (κ2) is 8.60. The predicted molar refractivity (Wildman–Crippen MR) is 148 cm³/mol. The lowest BCUT2D eigenvalue weighted by molar-refractivity contribution is 0.0687. The highest BCUT2D eigenvalue weighted by molar-refractivity contribution is 6.23. The predicted octanol–water partition coefficient (Wildman–Crippen LogP) is 7.69. The molecule has 1 spiro atoms. The van der Waals surface area contributed by atoms with E-state index >= 15 is 0 Å². The molecule has 7 rings (SSSR count). The number of fused-ring (bicyclic) bond motifs is 2. The SMILES string of the molecule is C1=CC2=N[C@]34CCCC[C@@H]3[C@@H](c3ccccc3)C=C(c3ccccc3)N4C2=CC1=Nc1ccccc1. The molecule has 3 atom stereocenters. The summed E-state index contributed by atoms with van der Waals surface area (Å²) in [7, 11) is 0. The first-order valence-electron chi connectivity index (χ1n) is 13.1. The zero-order chi connectivity index (χ0) is 24.0. The molecule has 176 valence electrons. The van der Waals surface area contributed by atoms with Crippen molar-refractivity contribution in [2.45, 2.75) is 37.3 Å². The first-order valence-corrected chi connectivity index (χ1v) is 13.1. The van der Waals surface area contributed by atoms with Crippen LogP contribution in [0.5, 0.6) is 0 Å². The summed E-state index contributed by atoms with van der Waals surface area (Å²) in [6.07, 6.45) is 13.8. The largest absolute Gasteiger partial charge is 0.313 e. The summed E-state index contributed by atoms with van der Waals surface area (Å²) in [5, 5.41) is 0. The number of para-hydroxylation sites is 1. The van der Waals surface area contributed by atoms with Crippen LogP contribution in [0.25, 0.3) is 5.70 Å². The first-order chi connectivity index (χ1) is 17.8. The molecule has 0 aromatic heterocycles. The molecule has 3 heteroatoms. The summed E-state index contributed by atoms with van der Waals surface area (Å²) in [6, 6.07) is 32.1. The quantitative estimate of drug-likeness (QED) is 0.363. The van der Waals surface area contributed by atoms with Crippen molar-refractivity contribution in [1.29, 1.82) is 0 Å². The van der Waals surface area contributed by atoms with Crippen LogP contribution in [-0.4, -0.2) is 22.0 Å². The van der Waals surface area contributed by atoms with Gasteiger partial charge in [-0.25, -0.2) is 4.99 Å². The molecule has 3 nitrogen and oxygen atoms in total. The molecule has 2 aliphatic carbocycles. The molecule has 2 aliphatic heterocycles.